The first-order valence-electron chi connectivity index (χ1n) is 7.04. The molecule has 1 aliphatic heterocycles. The minimum atomic E-state index is 0.163. The van der Waals surface area contributed by atoms with Crippen molar-refractivity contribution in [1.82, 2.24) is 10.2 Å². The molecule has 0 saturated carbocycles. The third-order valence-electron chi connectivity index (χ3n) is 4.19. The zero-order valence-corrected chi connectivity index (χ0v) is 11.9. The van der Waals surface area contributed by atoms with Crippen LogP contribution < -0.4 is 5.32 Å². The number of piperazine rings is 1. The van der Waals surface area contributed by atoms with Crippen LogP contribution >= 0.6 is 0 Å². The number of nitrogens with one attached hydrogen (secondary N) is 1. The number of hydrogen-bond acceptors (Lipinski definition) is 3. The van der Waals surface area contributed by atoms with E-state index in [9.17, 15) is 0 Å². The maximum Gasteiger partial charge on any atom is 0.134 e. The molecule has 2 heterocycles. The summed E-state index contributed by atoms with van der Waals surface area (Å²) < 4.78 is 6.01. The van der Waals surface area contributed by atoms with E-state index in [-0.39, 0.29) is 5.54 Å². The zero-order valence-electron chi connectivity index (χ0n) is 11.9. The molecule has 1 saturated heterocycles. The minimum absolute atomic E-state index is 0.163. The quantitative estimate of drug-likeness (QED) is 0.897. The number of para-hydroxylation sites is 1. The van der Waals surface area contributed by atoms with Crippen molar-refractivity contribution in [3.63, 3.8) is 0 Å². The fraction of sp³-hybridized carbons (Fsp3) is 0.500. The fourth-order valence-electron chi connectivity index (χ4n) is 3.08. The molecule has 1 N–H and O–H groups in total. The Morgan fingerprint density at radius 1 is 1.32 bits per heavy atom. The van der Waals surface area contributed by atoms with Gasteiger partial charge in [-0.05, 0) is 32.9 Å². The Labute approximate surface area is 114 Å². The standard InChI is InChI=1S/C16H22N2O/c1-12(18-9-8-17-11-16(18,2)3)15-10-13-6-4-5-7-14(13)19-15/h4-7,10,12,17H,8-9,11H2,1-3H3. The van der Waals surface area contributed by atoms with Crippen molar-refractivity contribution in [2.24, 2.45) is 0 Å². The van der Waals surface area contributed by atoms with Crippen molar-refractivity contribution >= 4 is 11.0 Å². The average molecular weight is 258 g/mol. The summed E-state index contributed by atoms with van der Waals surface area (Å²) in [5, 5.41) is 4.66. The van der Waals surface area contributed by atoms with E-state index >= 15 is 0 Å². The van der Waals surface area contributed by atoms with Gasteiger partial charge < -0.3 is 9.73 Å². The SMILES string of the molecule is CC(c1cc2ccccc2o1)N1CCNCC1(C)C. The zero-order chi connectivity index (χ0) is 13.5. The molecule has 2 aromatic rings. The number of hydrogen-bond donors (Lipinski definition) is 1. The summed E-state index contributed by atoms with van der Waals surface area (Å²) in [6.07, 6.45) is 0. The van der Waals surface area contributed by atoms with Gasteiger partial charge in [-0.15, -0.1) is 0 Å². The van der Waals surface area contributed by atoms with Gasteiger partial charge in [0.25, 0.3) is 0 Å². The van der Waals surface area contributed by atoms with E-state index in [2.05, 4.69) is 49.2 Å². The van der Waals surface area contributed by atoms with Gasteiger partial charge in [0.05, 0.1) is 6.04 Å². The molecule has 1 aromatic heterocycles. The molecular weight excluding hydrogens is 236 g/mol. The van der Waals surface area contributed by atoms with Crippen molar-refractivity contribution < 1.29 is 4.42 Å². The van der Waals surface area contributed by atoms with E-state index in [1.54, 1.807) is 0 Å². The predicted molar refractivity (Wildman–Crippen MR) is 78.3 cm³/mol. The molecule has 1 aliphatic rings. The van der Waals surface area contributed by atoms with Crippen LogP contribution in [0.1, 0.15) is 32.6 Å². The van der Waals surface area contributed by atoms with Gasteiger partial charge >= 0.3 is 0 Å². The van der Waals surface area contributed by atoms with Crippen molar-refractivity contribution in [1.29, 1.82) is 0 Å². The number of fused-ring (bicyclic) bond motifs is 1. The van der Waals surface area contributed by atoms with Crippen LogP contribution in [0.5, 0.6) is 0 Å². The lowest BCUT2D eigenvalue weighted by molar-refractivity contribution is 0.0434. The normalized spacial score (nSPS) is 21.6. The highest BCUT2D eigenvalue weighted by Crippen LogP contribution is 2.32. The predicted octanol–water partition coefficient (Wildman–Crippen LogP) is 3.18. The van der Waals surface area contributed by atoms with E-state index in [0.29, 0.717) is 6.04 Å². The van der Waals surface area contributed by atoms with Gasteiger partial charge in [0.1, 0.15) is 11.3 Å². The number of benzene rings is 1. The number of rotatable bonds is 2. The largest absolute Gasteiger partial charge is 0.459 e. The Morgan fingerprint density at radius 3 is 2.84 bits per heavy atom. The first-order chi connectivity index (χ1) is 9.08. The molecule has 19 heavy (non-hydrogen) atoms. The Morgan fingerprint density at radius 2 is 2.11 bits per heavy atom. The third kappa shape index (κ3) is 2.28. The smallest absolute Gasteiger partial charge is 0.134 e. The van der Waals surface area contributed by atoms with Crippen LogP contribution in [-0.2, 0) is 0 Å². The Hall–Kier alpha value is -1.32. The van der Waals surface area contributed by atoms with Crippen LogP contribution in [0.2, 0.25) is 0 Å². The minimum Gasteiger partial charge on any atom is -0.459 e. The van der Waals surface area contributed by atoms with Gasteiger partial charge in [0, 0.05) is 30.6 Å². The lowest BCUT2D eigenvalue weighted by Crippen LogP contribution is -2.58. The van der Waals surface area contributed by atoms with Gasteiger partial charge in [0.2, 0.25) is 0 Å². The van der Waals surface area contributed by atoms with Gasteiger partial charge in [-0.25, -0.2) is 0 Å². The van der Waals surface area contributed by atoms with Crippen molar-refractivity contribution in [3.05, 3.63) is 36.1 Å². The molecule has 102 valence electrons. The molecule has 0 spiro atoms. The molecule has 0 bridgehead atoms. The highest BCUT2D eigenvalue weighted by Gasteiger charge is 2.34. The highest BCUT2D eigenvalue weighted by atomic mass is 16.3. The maximum atomic E-state index is 6.01. The Bertz CT molecular complexity index is 540. The third-order valence-corrected chi connectivity index (χ3v) is 4.19. The Balaban J connectivity index is 1.92. The molecule has 3 heteroatoms. The molecule has 1 aromatic carbocycles. The second-order valence-electron chi connectivity index (χ2n) is 6.05. The molecular formula is C16H22N2O. The summed E-state index contributed by atoms with van der Waals surface area (Å²) in [4.78, 5) is 2.53. The molecule has 3 rings (SSSR count). The van der Waals surface area contributed by atoms with E-state index in [1.807, 2.05) is 12.1 Å². The molecule has 0 aliphatic carbocycles. The van der Waals surface area contributed by atoms with E-state index in [1.165, 1.54) is 5.39 Å². The van der Waals surface area contributed by atoms with Gasteiger partial charge in [-0.3, -0.25) is 4.90 Å². The fourth-order valence-corrected chi connectivity index (χ4v) is 3.08. The van der Waals surface area contributed by atoms with E-state index in [0.717, 1.165) is 31.0 Å². The van der Waals surface area contributed by atoms with E-state index < -0.39 is 0 Å². The summed E-state index contributed by atoms with van der Waals surface area (Å²) in [5.74, 6) is 1.07. The van der Waals surface area contributed by atoms with Crippen molar-refractivity contribution in [2.45, 2.75) is 32.4 Å². The molecule has 3 nitrogen and oxygen atoms in total. The highest BCUT2D eigenvalue weighted by molar-refractivity contribution is 5.77. The van der Waals surface area contributed by atoms with Crippen LogP contribution in [0.3, 0.4) is 0 Å². The first kappa shape index (κ1) is 12.7. The lowest BCUT2D eigenvalue weighted by atomic mass is 9.97. The first-order valence-corrected chi connectivity index (χ1v) is 7.04. The van der Waals surface area contributed by atoms with E-state index in [4.69, 9.17) is 4.42 Å². The second-order valence-corrected chi connectivity index (χ2v) is 6.05. The molecule has 1 fully saturated rings. The van der Waals surface area contributed by atoms with Crippen molar-refractivity contribution in [2.75, 3.05) is 19.6 Å². The van der Waals surface area contributed by atoms with Crippen LogP contribution in [0, 0.1) is 0 Å². The molecule has 0 amide bonds. The van der Waals surface area contributed by atoms with Gasteiger partial charge in [0.15, 0.2) is 0 Å². The summed E-state index contributed by atoms with van der Waals surface area (Å²) in [6.45, 7) is 9.96. The lowest BCUT2D eigenvalue weighted by Gasteiger charge is -2.45. The monoisotopic (exact) mass is 258 g/mol. The Kier molecular flexibility index (Phi) is 3.11. The second kappa shape index (κ2) is 4.66. The van der Waals surface area contributed by atoms with Gasteiger partial charge in [-0.2, -0.15) is 0 Å². The van der Waals surface area contributed by atoms with Crippen LogP contribution in [0.25, 0.3) is 11.0 Å². The summed E-state index contributed by atoms with van der Waals surface area (Å²) in [7, 11) is 0. The van der Waals surface area contributed by atoms with Crippen LogP contribution in [0.15, 0.2) is 34.7 Å². The van der Waals surface area contributed by atoms with Crippen LogP contribution in [0.4, 0.5) is 0 Å². The van der Waals surface area contributed by atoms with Gasteiger partial charge in [-0.1, -0.05) is 18.2 Å². The van der Waals surface area contributed by atoms with Crippen molar-refractivity contribution in [3.8, 4) is 0 Å². The topological polar surface area (TPSA) is 28.4 Å². The number of nitrogens with zero attached hydrogens (tertiary/aromatic N) is 1. The summed E-state index contributed by atoms with van der Waals surface area (Å²) in [6, 6.07) is 10.7. The average Bonchev–Trinajstić information content (AvgIpc) is 2.81. The molecule has 0 radical (unpaired) electrons. The summed E-state index contributed by atoms with van der Waals surface area (Å²) in [5.41, 5.74) is 1.15. The number of furan rings is 1. The molecule has 1 atom stereocenters. The summed E-state index contributed by atoms with van der Waals surface area (Å²) >= 11 is 0. The van der Waals surface area contributed by atoms with Crippen LogP contribution in [-0.4, -0.2) is 30.1 Å². The maximum absolute atomic E-state index is 6.01. The molecule has 1 unspecified atom stereocenters.